The molecule has 0 atom stereocenters. The summed E-state index contributed by atoms with van der Waals surface area (Å²) in [5, 5.41) is 2.87. The van der Waals surface area contributed by atoms with Crippen molar-refractivity contribution in [1.82, 2.24) is 9.97 Å². The molecule has 0 bridgehead atoms. The molecule has 0 saturated heterocycles. The van der Waals surface area contributed by atoms with Crippen molar-refractivity contribution >= 4 is 32.7 Å². The second-order valence-corrected chi connectivity index (χ2v) is 9.67. The van der Waals surface area contributed by atoms with Crippen LogP contribution in [0.15, 0.2) is 88.0 Å². The molecule has 3 aromatic carbocycles. The first kappa shape index (κ1) is 21.0. The van der Waals surface area contributed by atoms with E-state index in [1.54, 1.807) is 12.1 Å². The number of sulfone groups is 1. The molecule has 0 aliphatic carbocycles. The largest absolute Gasteiger partial charge is 0.338 e. The fourth-order valence-corrected chi connectivity index (χ4v) is 5.18. The standard InChI is InChI=1S/C25H19FN4O2S/c1-15-3-6-17(7-4-15)22-20-13-16(2)5-12-21(20)33(31,32)25-23(30-22)24(27-14-28-25)29-19-10-8-18(26)9-11-19/h3-14H,1-2H3,(H,27,28,29). The number of aryl methyl sites for hydroxylation is 2. The lowest BCUT2D eigenvalue weighted by atomic mass is 9.99. The Morgan fingerprint density at radius 3 is 2.27 bits per heavy atom. The normalized spacial score (nSPS) is 14.0. The van der Waals surface area contributed by atoms with Crippen molar-refractivity contribution in [2.75, 3.05) is 5.32 Å². The van der Waals surface area contributed by atoms with Crippen molar-refractivity contribution in [3.63, 3.8) is 0 Å². The van der Waals surface area contributed by atoms with E-state index in [9.17, 15) is 12.8 Å². The van der Waals surface area contributed by atoms with Crippen molar-refractivity contribution in [2.24, 2.45) is 4.99 Å². The molecule has 33 heavy (non-hydrogen) atoms. The molecule has 1 N–H and O–H groups in total. The van der Waals surface area contributed by atoms with Crippen LogP contribution >= 0.6 is 0 Å². The van der Waals surface area contributed by atoms with Crippen LogP contribution in [0.2, 0.25) is 0 Å². The van der Waals surface area contributed by atoms with E-state index in [0.717, 1.165) is 16.7 Å². The number of aliphatic imine (C=N–C) groups is 1. The third-order valence-corrected chi connectivity index (χ3v) is 7.12. The van der Waals surface area contributed by atoms with Crippen LogP contribution in [0.3, 0.4) is 0 Å². The Kier molecular flexibility index (Phi) is 5.02. The van der Waals surface area contributed by atoms with Crippen LogP contribution in [-0.4, -0.2) is 24.1 Å². The summed E-state index contributed by atoms with van der Waals surface area (Å²) in [7, 11) is -3.99. The zero-order valence-electron chi connectivity index (χ0n) is 17.9. The predicted octanol–water partition coefficient (Wildman–Crippen LogP) is 5.29. The van der Waals surface area contributed by atoms with Crippen LogP contribution in [-0.2, 0) is 9.84 Å². The van der Waals surface area contributed by atoms with Crippen molar-refractivity contribution in [3.05, 3.63) is 101 Å². The molecular weight excluding hydrogens is 439 g/mol. The maximum atomic E-state index is 13.7. The summed E-state index contributed by atoms with van der Waals surface area (Å²) >= 11 is 0. The zero-order valence-corrected chi connectivity index (χ0v) is 18.7. The number of benzene rings is 3. The van der Waals surface area contributed by atoms with Crippen molar-refractivity contribution < 1.29 is 12.8 Å². The number of hydrogen-bond acceptors (Lipinski definition) is 6. The van der Waals surface area contributed by atoms with E-state index in [1.807, 2.05) is 44.2 Å². The molecule has 0 unspecified atom stereocenters. The van der Waals surface area contributed by atoms with Gasteiger partial charge in [0.25, 0.3) is 0 Å². The van der Waals surface area contributed by atoms with Gasteiger partial charge in [-0.2, -0.15) is 0 Å². The molecule has 4 aromatic rings. The van der Waals surface area contributed by atoms with Crippen molar-refractivity contribution in [1.29, 1.82) is 0 Å². The van der Waals surface area contributed by atoms with E-state index in [1.165, 1.54) is 30.6 Å². The number of halogens is 1. The second-order valence-electron chi connectivity index (χ2n) is 7.84. The van der Waals surface area contributed by atoms with Crippen molar-refractivity contribution in [2.45, 2.75) is 23.8 Å². The Balaban J connectivity index is 1.79. The molecule has 0 amide bonds. The summed E-state index contributed by atoms with van der Waals surface area (Å²) in [6.07, 6.45) is 1.18. The van der Waals surface area contributed by atoms with Gasteiger partial charge in [0.05, 0.1) is 10.6 Å². The number of anilines is 2. The number of fused-ring (bicyclic) bond motifs is 2. The van der Waals surface area contributed by atoms with Crippen LogP contribution in [0, 0.1) is 19.7 Å². The van der Waals surface area contributed by atoms with Gasteiger partial charge in [-0.15, -0.1) is 0 Å². The van der Waals surface area contributed by atoms with Gasteiger partial charge in [-0.1, -0.05) is 41.5 Å². The molecule has 5 rings (SSSR count). The van der Waals surface area contributed by atoms with Crippen LogP contribution in [0.4, 0.5) is 21.6 Å². The lowest BCUT2D eigenvalue weighted by molar-refractivity contribution is 0.592. The average Bonchev–Trinajstić information content (AvgIpc) is 2.89. The van der Waals surface area contributed by atoms with Crippen LogP contribution in [0.1, 0.15) is 22.3 Å². The van der Waals surface area contributed by atoms with E-state index in [2.05, 4.69) is 15.3 Å². The first-order chi connectivity index (χ1) is 15.8. The highest BCUT2D eigenvalue weighted by Gasteiger charge is 2.33. The van der Waals surface area contributed by atoms with E-state index in [-0.39, 0.29) is 27.2 Å². The quantitative estimate of drug-likeness (QED) is 0.371. The summed E-state index contributed by atoms with van der Waals surface area (Å²) in [6, 6.07) is 18.6. The van der Waals surface area contributed by atoms with E-state index >= 15 is 0 Å². The zero-order chi connectivity index (χ0) is 23.2. The first-order valence-corrected chi connectivity index (χ1v) is 11.7. The minimum atomic E-state index is -3.99. The topological polar surface area (TPSA) is 84.3 Å². The third-order valence-electron chi connectivity index (χ3n) is 5.38. The lowest BCUT2D eigenvalue weighted by Crippen LogP contribution is -2.10. The predicted molar refractivity (Wildman–Crippen MR) is 125 cm³/mol. The lowest BCUT2D eigenvalue weighted by Gasteiger charge is -2.11. The van der Waals surface area contributed by atoms with Gasteiger partial charge in [0.1, 0.15) is 17.8 Å². The Labute approximate surface area is 190 Å². The van der Waals surface area contributed by atoms with Crippen LogP contribution in [0.5, 0.6) is 0 Å². The van der Waals surface area contributed by atoms with Crippen LogP contribution < -0.4 is 5.32 Å². The van der Waals surface area contributed by atoms with Gasteiger partial charge in [0.15, 0.2) is 10.8 Å². The Hall–Kier alpha value is -3.91. The fourth-order valence-electron chi connectivity index (χ4n) is 3.69. The van der Waals surface area contributed by atoms with E-state index in [4.69, 9.17) is 4.99 Å². The van der Waals surface area contributed by atoms with Gasteiger partial charge in [-0.25, -0.2) is 27.8 Å². The maximum absolute atomic E-state index is 13.7. The Morgan fingerprint density at radius 1 is 0.848 bits per heavy atom. The molecule has 1 aliphatic rings. The van der Waals surface area contributed by atoms with Gasteiger partial charge in [-0.05, 0) is 50.2 Å². The highest BCUT2D eigenvalue weighted by Crippen LogP contribution is 2.40. The molecule has 1 aromatic heterocycles. The van der Waals surface area contributed by atoms with Gasteiger partial charge < -0.3 is 5.32 Å². The van der Waals surface area contributed by atoms with Gasteiger partial charge >= 0.3 is 0 Å². The number of rotatable bonds is 3. The maximum Gasteiger partial charge on any atom is 0.226 e. The highest BCUT2D eigenvalue weighted by molar-refractivity contribution is 7.91. The summed E-state index contributed by atoms with van der Waals surface area (Å²) in [5.41, 5.74) is 4.41. The molecular formula is C25H19FN4O2S. The molecule has 0 radical (unpaired) electrons. The van der Waals surface area contributed by atoms with E-state index < -0.39 is 9.84 Å². The average molecular weight is 459 g/mol. The molecule has 0 spiro atoms. The summed E-state index contributed by atoms with van der Waals surface area (Å²) in [4.78, 5) is 13.3. The Bertz CT molecular complexity index is 1510. The molecule has 2 heterocycles. The fraction of sp³-hybridized carbons (Fsp3) is 0.0800. The van der Waals surface area contributed by atoms with Gasteiger partial charge in [0, 0.05) is 16.8 Å². The monoisotopic (exact) mass is 458 g/mol. The molecule has 1 aliphatic heterocycles. The van der Waals surface area contributed by atoms with Gasteiger partial charge in [0.2, 0.25) is 9.84 Å². The Morgan fingerprint density at radius 2 is 1.55 bits per heavy atom. The van der Waals surface area contributed by atoms with E-state index in [0.29, 0.717) is 17.0 Å². The summed E-state index contributed by atoms with van der Waals surface area (Å²) < 4.78 is 40.7. The number of hydrogen-bond donors (Lipinski definition) is 1. The van der Waals surface area contributed by atoms with Gasteiger partial charge in [-0.3, -0.25) is 0 Å². The minimum absolute atomic E-state index is 0.103. The third kappa shape index (κ3) is 3.78. The van der Waals surface area contributed by atoms with Crippen molar-refractivity contribution in [3.8, 4) is 0 Å². The van der Waals surface area contributed by atoms with Crippen LogP contribution in [0.25, 0.3) is 0 Å². The first-order valence-electron chi connectivity index (χ1n) is 10.2. The number of nitrogens with zero attached hydrogens (tertiary/aromatic N) is 3. The second kappa shape index (κ2) is 7.90. The molecule has 164 valence electrons. The summed E-state index contributed by atoms with van der Waals surface area (Å²) in [6.45, 7) is 3.88. The SMILES string of the molecule is Cc1ccc(C2=Nc3c(Nc4ccc(F)cc4)ncnc3S(=O)(=O)c3ccc(C)cc32)cc1. The molecule has 0 fully saturated rings. The number of nitrogens with one attached hydrogen (secondary N) is 1. The molecule has 8 heteroatoms. The molecule has 0 saturated carbocycles. The highest BCUT2D eigenvalue weighted by atomic mass is 32.2. The number of aromatic nitrogens is 2. The molecule has 6 nitrogen and oxygen atoms in total. The summed E-state index contributed by atoms with van der Waals surface area (Å²) in [5.74, 6) is -0.167. The minimum Gasteiger partial charge on any atom is -0.338 e. The smallest absolute Gasteiger partial charge is 0.226 e.